The Morgan fingerprint density at radius 1 is 1.30 bits per heavy atom. The molecule has 6 atom stereocenters. The molecule has 4 fully saturated rings. The average molecular weight is 134 g/mol. The van der Waals surface area contributed by atoms with Crippen molar-refractivity contribution in [2.24, 2.45) is 29.6 Å². The Hall–Kier alpha value is -0.480. The maximum absolute atomic E-state index is 9.56. The lowest BCUT2D eigenvalue weighted by Gasteiger charge is -2.09. The first-order chi connectivity index (χ1) is 4.84. The molecule has 0 heterocycles. The zero-order chi connectivity index (χ0) is 6.88. The van der Waals surface area contributed by atoms with Crippen LogP contribution in [0.15, 0.2) is 0 Å². The van der Waals surface area contributed by atoms with E-state index in [1.165, 1.54) is 6.42 Å². The van der Waals surface area contributed by atoms with Crippen LogP contribution in [0.1, 0.15) is 6.42 Å². The van der Waals surface area contributed by atoms with Gasteiger partial charge in [0.25, 0.3) is 0 Å². The van der Waals surface area contributed by atoms with Crippen LogP contribution in [0.4, 0.5) is 0 Å². The van der Waals surface area contributed by atoms with Crippen molar-refractivity contribution >= 4 is 0 Å². The molecule has 0 aliphatic heterocycles. The van der Waals surface area contributed by atoms with E-state index in [0.717, 1.165) is 11.8 Å². The van der Waals surface area contributed by atoms with E-state index in [2.05, 4.69) is 5.92 Å². The highest BCUT2D eigenvalue weighted by Gasteiger charge is 2.72. The van der Waals surface area contributed by atoms with Gasteiger partial charge in [0.05, 0.1) is 6.10 Å². The van der Waals surface area contributed by atoms with Gasteiger partial charge in [-0.25, -0.2) is 0 Å². The van der Waals surface area contributed by atoms with Crippen molar-refractivity contribution in [1.82, 2.24) is 0 Å². The summed E-state index contributed by atoms with van der Waals surface area (Å²) in [6.07, 6.45) is 6.55. The molecule has 4 bridgehead atoms. The molecular weight excluding hydrogens is 124 g/mol. The van der Waals surface area contributed by atoms with Gasteiger partial charge in [-0.15, -0.1) is 12.3 Å². The monoisotopic (exact) mass is 134 g/mol. The van der Waals surface area contributed by atoms with Crippen molar-refractivity contribution in [3.05, 3.63) is 0 Å². The lowest BCUT2D eigenvalue weighted by Crippen LogP contribution is -2.14. The molecule has 52 valence electrons. The van der Waals surface area contributed by atoms with Crippen LogP contribution in [0.5, 0.6) is 0 Å². The predicted molar refractivity (Wildman–Crippen MR) is 36.9 cm³/mol. The minimum Gasteiger partial charge on any atom is -0.392 e. The molecule has 0 aromatic rings. The van der Waals surface area contributed by atoms with E-state index in [1.54, 1.807) is 0 Å². The summed E-state index contributed by atoms with van der Waals surface area (Å²) in [4.78, 5) is 0. The third-order valence-corrected chi connectivity index (χ3v) is 3.74. The second-order valence-corrected chi connectivity index (χ2v) is 3.90. The molecule has 0 spiro atoms. The molecule has 0 amide bonds. The van der Waals surface area contributed by atoms with Gasteiger partial charge in [0.15, 0.2) is 0 Å². The van der Waals surface area contributed by atoms with Gasteiger partial charge in [0.2, 0.25) is 0 Å². The lowest BCUT2D eigenvalue weighted by molar-refractivity contribution is 0.129. The summed E-state index contributed by atoms with van der Waals surface area (Å²) in [5.41, 5.74) is 0. The minimum absolute atomic E-state index is 0.0314. The van der Waals surface area contributed by atoms with Crippen LogP contribution in [0.3, 0.4) is 0 Å². The van der Waals surface area contributed by atoms with Gasteiger partial charge in [-0.05, 0) is 30.1 Å². The van der Waals surface area contributed by atoms with E-state index in [1.807, 2.05) is 0 Å². The van der Waals surface area contributed by atoms with E-state index >= 15 is 0 Å². The van der Waals surface area contributed by atoms with Crippen LogP contribution in [-0.4, -0.2) is 11.2 Å². The number of hydrogen-bond acceptors (Lipinski definition) is 1. The number of aliphatic hydroxyl groups excluding tert-OH is 1. The lowest BCUT2D eigenvalue weighted by atomic mass is 9.98. The summed E-state index contributed by atoms with van der Waals surface area (Å²) >= 11 is 0. The third-order valence-electron chi connectivity index (χ3n) is 3.74. The van der Waals surface area contributed by atoms with Crippen molar-refractivity contribution in [3.63, 3.8) is 0 Å². The number of hydrogen-bond donors (Lipinski definition) is 1. The highest BCUT2D eigenvalue weighted by molar-refractivity contribution is 5.26. The fourth-order valence-electron chi connectivity index (χ4n) is 3.35. The topological polar surface area (TPSA) is 20.2 Å². The van der Waals surface area contributed by atoms with Gasteiger partial charge in [-0.1, -0.05) is 0 Å². The first kappa shape index (κ1) is 5.21. The average Bonchev–Trinajstić information content (AvgIpc) is 2.29. The fraction of sp³-hybridized carbons (Fsp3) is 0.778. The highest BCUT2D eigenvalue weighted by Crippen LogP contribution is 2.72. The van der Waals surface area contributed by atoms with Crippen molar-refractivity contribution in [2.45, 2.75) is 12.5 Å². The molecular formula is C9H10O. The quantitative estimate of drug-likeness (QED) is 0.478. The Bertz CT molecular complexity index is 227. The van der Waals surface area contributed by atoms with Crippen molar-refractivity contribution in [3.8, 4) is 12.3 Å². The first-order valence-corrected chi connectivity index (χ1v) is 3.99. The maximum atomic E-state index is 9.56. The number of aliphatic hydroxyl groups is 1. The Kier molecular flexibility index (Phi) is 0.658. The molecule has 4 saturated carbocycles. The van der Waals surface area contributed by atoms with Crippen molar-refractivity contribution in [2.75, 3.05) is 0 Å². The van der Waals surface area contributed by atoms with Crippen LogP contribution >= 0.6 is 0 Å². The Balaban J connectivity index is 2.04. The zero-order valence-corrected chi connectivity index (χ0v) is 5.70. The largest absolute Gasteiger partial charge is 0.392 e. The van der Waals surface area contributed by atoms with Gasteiger partial charge in [-0.2, -0.15) is 0 Å². The van der Waals surface area contributed by atoms with Crippen LogP contribution in [0, 0.1) is 41.9 Å². The van der Waals surface area contributed by atoms with Gasteiger partial charge >= 0.3 is 0 Å². The summed E-state index contributed by atoms with van der Waals surface area (Å²) in [5, 5.41) is 9.56. The third kappa shape index (κ3) is 0.322. The molecule has 0 aromatic carbocycles. The van der Waals surface area contributed by atoms with E-state index < -0.39 is 0 Å². The molecule has 1 heteroatoms. The molecule has 4 unspecified atom stereocenters. The number of terminal acetylenes is 1. The summed E-state index contributed by atoms with van der Waals surface area (Å²) < 4.78 is 0. The van der Waals surface area contributed by atoms with Crippen LogP contribution in [0.2, 0.25) is 0 Å². The molecule has 4 aliphatic carbocycles. The van der Waals surface area contributed by atoms with Gasteiger partial charge in [0, 0.05) is 5.92 Å². The fourth-order valence-corrected chi connectivity index (χ4v) is 3.35. The van der Waals surface area contributed by atoms with E-state index in [9.17, 15) is 5.11 Å². The molecule has 1 nitrogen and oxygen atoms in total. The molecule has 10 heavy (non-hydrogen) atoms. The van der Waals surface area contributed by atoms with Gasteiger partial charge < -0.3 is 5.11 Å². The van der Waals surface area contributed by atoms with Crippen molar-refractivity contribution in [1.29, 1.82) is 0 Å². The van der Waals surface area contributed by atoms with Crippen LogP contribution < -0.4 is 0 Å². The highest BCUT2D eigenvalue weighted by atomic mass is 16.3. The first-order valence-electron chi connectivity index (χ1n) is 3.99. The van der Waals surface area contributed by atoms with Crippen molar-refractivity contribution < 1.29 is 5.11 Å². The molecule has 4 rings (SSSR count). The van der Waals surface area contributed by atoms with Crippen LogP contribution in [0.25, 0.3) is 0 Å². The van der Waals surface area contributed by atoms with Gasteiger partial charge in [0.1, 0.15) is 0 Å². The maximum Gasteiger partial charge on any atom is 0.0614 e. The summed E-state index contributed by atoms with van der Waals surface area (Å²) in [6.45, 7) is 0. The summed E-state index contributed by atoms with van der Waals surface area (Å²) in [6, 6.07) is 0. The number of rotatable bonds is 0. The smallest absolute Gasteiger partial charge is 0.0614 e. The molecule has 1 N–H and O–H groups in total. The SMILES string of the molecule is C#CC1[C@@H]2CC3C(C2O)[C@@H]31. The summed E-state index contributed by atoms with van der Waals surface area (Å²) in [5.74, 6) is 5.89. The second-order valence-electron chi connectivity index (χ2n) is 3.90. The molecule has 0 radical (unpaired) electrons. The predicted octanol–water partition coefficient (Wildman–Crippen LogP) is 0.492. The Labute approximate surface area is 60.4 Å². The van der Waals surface area contributed by atoms with Crippen LogP contribution in [-0.2, 0) is 0 Å². The normalized spacial score (nSPS) is 68.0. The van der Waals surface area contributed by atoms with E-state index in [-0.39, 0.29) is 6.10 Å². The molecule has 0 saturated heterocycles. The second kappa shape index (κ2) is 1.26. The van der Waals surface area contributed by atoms with E-state index in [4.69, 9.17) is 6.42 Å². The Morgan fingerprint density at radius 3 is 2.30 bits per heavy atom. The van der Waals surface area contributed by atoms with Gasteiger partial charge in [-0.3, -0.25) is 0 Å². The molecule has 0 aromatic heterocycles. The van der Waals surface area contributed by atoms with E-state index in [0.29, 0.717) is 17.8 Å². The summed E-state index contributed by atoms with van der Waals surface area (Å²) in [7, 11) is 0. The zero-order valence-electron chi connectivity index (χ0n) is 5.70. The minimum atomic E-state index is -0.0314. The standard InChI is InChI=1S/C9H10O/c1-2-4-5-3-6-7(4)8(6)9(5)10/h1,4-10H,3H2/t4?,5-,6?,7+,8?,9?/m0/s1. The molecule has 4 aliphatic rings. The Morgan fingerprint density at radius 2 is 2.10 bits per heavy atom.